The summed E-state index contributed by atoms with van der Waals surface area (Å²) in [5.41, 5.74) is 7.60. The van der Waals surface area contributed by atoms with Crippen molar-refractivity contribution in [1.82, 2.24) is 9.13 Å². The van der Waals surface area contributed by atoms with Crippen molar-refractivity contribution in [3.05, 3.63) is 97.1 Å². The first-order valence-corrected chi connectivity index (χ1v) is 13.2. The van der Waals surface area contributed by atoms with Gasteiger partial charge in [0.25, 0.3) is 0 Å². The van der Waals surface area contributed by atoms with Gasteiger partial charge in [0.15, 0.2) is 0 Å². The van der Waals surface area contributed by atoms with E-state index in [0.29, 0.717) is 0 Å². The first kappa shape index (κ1) is 22.8. The molecule has 0 atom stereocenters. The van der Waals surface area contributed by atoms with Crippen molar-refractivity contribution in [2.75, 3.05) is 12.4 Å². The molecule has 0 saturated heterocycles. The second-order valence-corrected chi connectivity index (χ2v) is 11.3. The molecule has 5 aromatic rings. The van der Waals surface area contributed by atoms with E-state index < -0.39 is 0 Å². The lowest BCUT2D eigenvalue weighted by Gasteiger charge is -2.19. The molecule has 0 radical (unpaired) electrons. The number of anilines is 1. The predicted molar refractivity (Wildman–Crippen MR) is 150 cm³/mol. The van der Waals surface area contributed by atoms with Gasteiger partial charge in [0.1, 0.15) is 0 Å². The minimum atomic E-state index is 0.183. The minimum Gasteiger partial charge on any atom is -0.388 e. The summed E-state index contributed by atoms with van der Waals surface area (Å²) in [5.74, 6) is 0.183. The van der Waals surface area contributed by atoms with E-state index in [4.69, 9.17) is 0 Å². The van der Waals surface area contributed by atoms with Crippen LogP contribution >= 0.6 is 47.8 Å². The van der Waals surface area contributed by atoms with Crippen LogP contribution in [-0.4, -0.2) is 16.2 Å². The van der Waals surface area contributed by atoms with Crippen LogP contribution in [0.25, 0.3) is 21.8 Å². The number of nitrogens with zero attached hydrogens (tertiary/aromatic N) is 2. The number of aryl methyl sites for hydroxylation is 2. The van der Waals surface area contributed by atoms with E-state index in [1.165, 1.54) is 38.5 Å². The molecular weight excluding hydrogens is 606 g/mol. The monoisotopic (exact) mass is 627 g/mol. The van der Waals surface area contributed by atoms with Crippen LogP contribution in [0, 0.1) is 0 Å². The zero-order valence-corrected chi connectivity index (χ0v) is 23.4. The molecule has 6 heteroatoms. The Balaban J connectivity index is 1.79. The van der Waals surface area contributed by atoms with Crippen LogP contribution in [0.1, 0.15) is 22.6 Å². The zero-order valence-electron chi connectivity index (χ0n) is 18.7. The molecule has 0 aliphatic rings. The summed E-state index contributed by atoms with van der Waals surface area (Å²) in [6.07, 6.45) is 5.48. The van der Waals surface area contributed by atoms with Crippen LogP contribution in [0.3, 0.4) is 0 Å². The third-order valence-corrected chi connectivity index (χ3v) is 7.96. The molecule has 3 aromatic carbocycles. The molecule has 0 unspecified atom stereocenters. The summed E-state index contributed by atoms with van der Waals surface area (Å²) in [7, 11) is 6.26. The molecule has 168 valence electrons. The average molecular weight is 630 g/mol. The van der Waals surface area contributed by atoms with E-state index in [9.17, 15) is 0 Å². The van der Waals surface area contributed by atoms with Crippen molar-refractivity contribution in [3.63, 3.8) is 0 Å². The van der Waals surface area contributed by atoms with Gasteiger partial charge in [0, 0.05) is 80.4 Å². The topological polar surface area (TPSA) is 21.9 Å². The Hall–Kier alpha value is -2.02. The van der Waals surface area contributed by atoms with Gasteiger partial charge in [0.2, 0.25) is 0 Å². The van der Waals surface area contributed by atoms with Gasteiger partial charge in [-0.3, -0.25) is 0 Å². The van der Waals surface area contributed by atoms with Gasteiger partial charge in [-0.2, -0.15) is 0 Å². The maximum atomic E-state index is 3.70. The van der Waals surface area contributed by atoms with Crippen LogP contribution in [-0.2, 0) is 20.5 Å². The Kier molecular flexibility index (Phi) is 6.19. The fourth-order valence-corrected chi connectivity index (χ4v) is 6.06. The van der Waals surface area contributed by atoms with Gasteiger partial charge < -0.3 is 14.5 Å². The number of fused-ring (bicyclic) bond motifs is 2. The van der Waals surface area contributed by atoms with Crippen LogP contribution in [0.15, 0.2) is 80.4 Å². The summed E-state index contributed by atoms with van der Waals surface area (Å²) in [4.78, 5) is 0. The molecular formula is C27H24Br3N3. The Morgan fingerprint density at radius 2 is 1.21 bits per heavy atom. The number of benzene rings is 3. The highest BCUT2D eigenvalue weighted by molar-refractivity contribution is 9.11. The maximum absolute atomic E-state index is 3.70. The van der Waals surface area contributed by atoms with Crippen LogP contribution in [0.2, 0.25) is 0 Å². The highest BCUT2D eigenvalue weighted by atomic mass is 79.9. The van der Waals surface area contributed by atoms with E-state index in [1.54, 1.807) is 0 Å². The molecule has 3 nitrogen and oxygen atoms in total. The number of hydrogen-bond acceptors (Lipinski definition) is 1. The Morgan fingerprint density at radius 3 is 1.73 bits per heavy atom. The number of aromatic nitrogens is 2. The van der Waals surface area contributed by atoms with Gasteiger partial charge in [-0.25, -0.2) is 0 Å². The molecule has 5 rings (SSSR count). The second-order valence-electron chi connectivity index (χ2n) is 8.52. The fourth-order valence-electron chi connectivity index (χ4n) is 4.93. The molecule has 0 saturated carbocycles. The number of nitrogens with one attached hydrogen (secondary N) is 1. The standard InChI is InChI=1S/C27H24Br3N3/c1-31-25-7-4-17(28)10-16(25)11-20(23-14-32(2)26-8-5-18(29)12-21(23)26)24-15-33(3)27-9-6-19(30)13-22(24)27/h4-10,12-15,20,31H,11H2,1-3H3. The predicted octanol–water partition coefficient (Wildman–Crippen LogP) is 8.37. The lowest BCUT2D eigenvalue weighted by molar-refractivity contribution is 0.802. The molecule has 0 amide bonds. The number of halogens is 3. The SMILES string of the molecule is CNc1ccc(Br)cc1CC(c1cn(C)c2ccc(Br)cc12)c1cn(C)c2ccc(Br)cc12. The zero-order chi connectivity index (χ0) is 23.3. The van der Waals surface area contributed by atoms with Crippen molar-refractivity contribution in [2.24, 2.45) is 14.1 Å². The first-order chi connectivity index (χ1) is 15.9. The quantitative estimate of drug-likeness (QED) is 0.207. The summed E-state index contributed by atoms with van der Waals surface area (Å²) in [6.45, 7) is 0. The smallest absolute Gasteiger partial charge is 0.0481 e. The molecule has 2 heterocycles. The van der Waals surface area contributed by atoms with E-state index in [0.717, 1.165) is 25.5 Å². The van der Waals surface area contributed by atoms with Crippen molar-refractivity contribution < 1.29 is 0 Å². The van der Waals surface area contributed by atoms with Crippen LogP contribution in [0.4, 0.5) is 5.69 Å². The Bertz CT molecular complexity index is 1410. The second kappa shape index (κ2) is 8.97. The number of rotatable bonds is 5. The lowest BCUT2D eigenvalue weighted by atomic mass is 9.85. The van der Waals surface area contributed by atoms with E-state index in [1.807, 2.05) is 7.05 Å². The molecule has 1 N–H and O–H groups in total. The van der Waals surface area contributed by atoms with Crippen LogP contribution in [0.5, 0.6) is 0 Å². The van der Waals surface area contributed by atoms with Crippen molar-refractivity contribution in [3.8, 4) is 0 Å². The molecule has 0 aliphatic carbocycles. The van der Waals surface area contributed by atoms with E-state index in [-0.39, 0.29) is 5.92 Å². The summed E-state index contributed by atoms with van der Waals surface area (Å²) >= 11 is 11.1. The van der Waals surface area contributed by atoms with Gasteiger partial charge >= 0.3 is 0 Å². The van der Waals surface area contributed by atoms with E-state index in [2.05, 4.69) is 143 Å². The number of hydrogen-bond donors (Lipinski definition) is 1. The highest BCUT2D eigenvalue weighted by Crippen LogP contribution is 2.41. The highest BCUT2D eigenvalue weighted by Gasteiger charge is 2.25. The summed E-state index contributed by atoms with van der Waals surface area (Å²) < 4.78 is 7.77. The third-order valence-electron chi connectivity index (χ3n) is 6.48. The molecule has 0 fully saturated rings. The molecule has 0 aliphatic heterocycles. The van der Waals surface area contributed by atoms with Crippen molar-refractivity contribution >= 4 is 75.3 Å². The lowest BCUT2D eigenvalue weighted by Crippen LogP contribution is -2.07. The van der Waals surface area contributed by atoms with Crippen molar-refractivity contribution in [1.29, 1.82) is 0 Å². The van der Waals surface area contributed by atoms with Gasteiger partial charge in [0.05, 0.1) is 0 Å². The normalized spacial score (nSPS) is 11.7. The largest absolute Gasteiger partial charge is 0.388 e. The fraction of sp³-hybridized carbons (Fsp3) is 0.185. The van der Waals surface area contributed by atoms with Crippen molar-refractivity contribution in [2.45, 2.75) is 12.3 Å². The molecule has 0 bridgehead atoms. The molecule has 0 spiro atoms. The van der Waals surface area contributed by atoms with Gasteiger partial charge in [-0.15, -0.1) is 0 Å². The maximum Gasteiger partial charge on any atom is 0.0481 e. The summed E-state index contributed by atoms with van der Waals surface area (Å²) in [6, 6.07) is 19.6. The minimum absolute atomic E-state index is 0.183. The van der Waals surface area contributed by atoms with Crippen LogP contribution < -0.4 is 5.32 Å². The summed E-state index contributed by atoms with van der Waals surface area (Å²) in [5, 5.41) is 5.95. The Morgan fingerprint density at radius 1 is 0.727 bits per heavy atom. The molecule has 2 aromatic heterocycles. The average Bonchev–Trinajstić information content (AvgIpc) is 3.28. The van der Waals surface area contributed by atoms with Gasteiger partial charge in [-0.05, 0) is 77.7 Å². The molecule has 33 heavy (non-hydrogen) atoms. The Labute approximate surface area is 219 Å². The van der Waals surface area contributed by atoms with E-state index >= 15 is 0 Å². The third kappa shape index (κ3) is 4.17. The first-order valence-electron chi connectivity index (χ1n) is 10.8. The van der Waals surface area contributed by atoms with Gasteiger partial charge in [-0.1, -0.05) is 47.8 Å².